The van der Waals surface area contributed by atoms with Crippen LogP contribution in [0.2, 0.25) is 0 Å². The fourth-order valence-electron chi connectivity index (χ4n) is 2.96. The highest BCUT2D eigenvalue weighted by atomic mass is 32.2. The Morgan fingerprint density at radius 2 is 1.91 bits per heavy atom. The first-order valence-corrected chi connectivity index (χ1v) is 8.79. The molecule has 1 saturated heterocycles. The van der Waals surface area contributed by atoms with Crippen LogP contribution in [0.5, 0.6) is 0 Å². The van der Waals surface area contributed by atoms with Crippen molar-refractivity contribution in [2.75, 3.05) is 16.6 Å². The minimum Gasteiger partial charge on any atom is -0.278 e. The molecule has 3 aromatic rings. The van der Waals surface area contributed by atoms with Crippen LogP contribution in [0.1, 0.15) is 6.42 Å². The summed E-state index contributed by atoms with van der Waals surface area (Å²) in [6.07, 6.45) is 2.50. The van der Waals surface area contributed by atoms with Crippen molar-refractivity contribution in [2.24, 2.45) is 0 Å². The molecule has 4 rings (SSSR count). The number of nitrogens with zero attached hydrogens (tertiary/aromatic N) is 2. The number of fused-ring (bicyclic) bond motifs is 1. The molecular formula is C16H15N3O2S. The zero-order chi connectivity index (χ0) is 15.2. The monoisotopic (exact) mass is 313 g/mol. The van der Waals surface area contributed by atoms with Crippen molar-refractivity contribution >= 4 is 26.6 Å². The molecule has 0 amide bonds. The van der Waals surface area contributed by atoms with Crippen LogP contribution in [0.25, 0.3) is 22.0 Å². The predicted octanol–water partition coefficient (Wildman–Crippen LogP) is 2.77. The fourth-order valence-corrected chi connectivity index (χ4v) is 4.52. The Labute approximate surface area is 128 Å². The van der Waals surface area contributed by atoms with Gasteiger partial charge in [-0.05, 0) is 35.7 Å². The van der Waals surface area contributed by atoms with E-state index in [-0.39, 0.29) is 5.75 Å². The van der Waals surface area contributed by atoms with Crippen LogP contribution >= 0.6 is 0 Å². The van der Waals surface area contributed by atoms with Crippen LogP contribution in [-0.2, 0) is 10.0 Å². The van der Waals surface area contributed by atoms with Gasteiger partial charge in [-0.25, -0.2) is 8.42 Å². The van der Waals surface area contributed by atoms with Crippen LogP contribution in [0, 0.1) is 0 Å². The Kier molecular flexibility index (Phi) is 2.94. The number of aromatic amines is 1. The van der Waals surface area contributed by atoms with Crippen LogP contribution < -0.4 is 4.31 Å². The summed E-state index contributed by atoms with van der Waals surface area (Å²) in [6.45, 7) is 0.568. The van der Waals surface area contributed by atoms with Crippen LogP contribution in [0.15, 0.2) is 48.7 Å². The molecule has 0 saturated carbocycles. The molecule has 2 aromatic carbocycles. The first-order chi connectivity index (χ1) is 10.6. The highest BCUT2D eigenvalue weighted by molar-refractivity contribution is 7.93. The third-order valence-electron chi connectivity index (χ3n) is 4.05. The van der Waals surface area contributed by atoms with Crippen molar-refractivity contribution in [1.29, 1.82) is 0 Å². The van der Waals surface area contributed by atoms with Crippen molar-refractivity contribution in [2.45, 2.75) is 6.42 Å². The van der Waals surface area contributed by atoms with Crippen molar-refractivity contribution in [1.82, 2.24) is 10.2 Å². The Balaban J connectivity index is 1.75. The summed E-state index contributed by atoms with van der Waals surface area (Å²) < 4.78 is 25.4. The Bertz CT molecular complexity index is 929. The minimum atomic E-state index is -3.13. The normalized spacial score (nSPS) is 17.2. The number of nitrogens with one attached hydrogen (secondary N) is 1. The van der Waals surface area contributed by atoms with E-state index in [0.29, 0.717) is 13.0 Å². The van der Waals surface area contributed by atoms with Crippen molar-refractivity contribution < 1.29 is 8.42 Å². The molecule has 0 radical (unpaired) electrons. The molecule has 1 aromatic heterocycles. The summed E-state index contributed by atoms with van der Waals surface area (Å²) in [5.41, 5.74) is 3.86. The highest BCUT2D eigenvalue weighted by Gasteiger charge is 2.28. The quantitative estimate of drug-likeness (QED) is 0.791. The maximum atomic E-state index is 12.0. The SMILES string of the molecule is O=S1(=O)CCCN1c1ccc(-c2cccc3[nH]ncc23)cc1. The molecule has 2 heterocycles. The number of aromatic nitrogens is 2. The molecule has 1 N–H and O–H groups in total. The number of benzene rings is 2. The lowest BCUT2D eigenvalue weighted by atomic mass is 10.0. The summed E-state index contributed by atoms with van der Waals surface area (Å²) >= 11 is 0. The fraction of sp³-hybridized carbons (Fsp3) is 0.188. The second kappa shape index (κ2) is 4.84. The lowest BCUT2D eigenvalue weighted by molar-refractivity contribution is 0.599. The molecular weight excluding hydrogens is 298 g/mol. The van der Waals surface area contributed by atoms with Crippen LogP contribution in [0.4, 0.5) is 5.69 Å². The van der Waals surface area contributed by atoms with E-state index in [1.165, 1.54) is 4.31 Å². The van der Waals surface area contributed by atoms with Gasteiger partial charge in [0.25, 0.3) is 0 Å². The second-order valence-electron chi connectivity index (χ2n) is 5.43. The van der Waals surface area contributed by atoms with Crippen LogP contribution in [-0.4, -0.2) is 30.9 Å². The van der Waals surface area contributed by atoms with E-state index >= 15 is 0 Å². The molecule has 0 bridgehead atoms. The largest absolute Gasteiger partial charge is 0.278 e. The average molecular weight is 313 g/mol. The standard InChI is InChI=1S/C16H15N3O2S/c20-22(21)10-2-9-19(22)13-7-5-12(6-8-13)14-3-1-4-16-15(14)11-17-18-16/h1,3-8,11H,2,9-10H2,(H,17,18). The molecule has 1 fully saturated rings. The Morgan fingerprint density at radius 3 is 2.64 bits per heavy atom. The van der Waals surface area contributed by atoms with Gasteiger partial charge in [0.1, 0.15) is 0 Å². The summed E-state index contributed by atoms with van der Waals surface area (Å²) in [4.78, 5) is 0. The highest BCUT2D eigenvalue weighted by Crippen LogP contribution is 2.30. The summed E-state index contributed by atoms with van der Waals surface area (Å²) in [5, 5.41) is 8.09. The molecule has 112 valence electrons. The van der Waals surface area contributed by atoms with E-state index < -0.39 is 10.0 Å². The maximum absolute atomic E-state index is 12.0. The van der Waals surface area contributed by atoms with Gasteiger partial charge >= 0.3 is 0 Å². The molecule has 22 heavy (non-hydrogen) atoms. The molecule has 0 atom stereocenters. The van der Waals surface area contributed by atoms with E-state index in [4.69, 9.17) is 0 Å². The number of rotatable bonds is 2. The zero-order valence-electron chi connectivity index (χ0n) is 11.9. The summed E-state index contributed by atoms with van der Waals surface area (Å²) in [6, 6.07) is 13.7. The average Bonchev–Trinajstić information content (AvgIpc) is 3.13. The molecule has 5 nitrogen and oxygen atoms in total. The number of anilines is 1. The van der Waals surface area contributed by atoms with Gasteiger partial charge in [-0.1, -0.05) is 24.3 Å². The number of hydrogen-bond acceptors (Lipinski definition) is 3. The molecule has 0 spiro atoms. The summed E-state index contributed by atoms with van der Waals surface area (Å²) in [5.74, 6) is 0.239. The van der Waals surface area contributed by atoms with Gasteiger partial charge in [-0.2, -0.15) is 5.10 Å². The third kappa shape index (κ3) is 2.07. The smallest absolute Gasteiger partial charge is 0.235 e. The summed E-state index contributed by atoms with van der Waals surface area (Å²) in [7, 11) is -3.13. The van der Waals surface area contributed by atoms with Gasteiger partial charge in [0.2, 0.25) is 10.0 Å². The molecule has 0 aliphatic carbocycles. The third-order valence-corrected chi connectivity index (χ3v) is 5.92. The van der Waals surface area contributed by atoms with E-state index in [2.05, 4.69) is 10.2 Å². The number of H-pyrrole nitrogens is 1. The van der Waals surface area contributed by atoms with Crippen molar-refractivity contribution in [3.8, 4) is 11.1 Å². The topological polar surface area (TPSA) is 66.1 Å². The molecule has 1 aliphatic rings. The van der Waals surface area contributed by atoms with Gasteiger partial charge in [0.05, 0.1) is 23.2 Å². The first-order valence-electron chi connectivity index (χ1n) is 7.18. The second-order valence-corrected chi connectivity index (χ2v) is 7.44. The van der Waals surface area contributed by atoms with E-state index in [9.17, 15) is 8.42 Å². The molecule has 0 unspecified atom stereocenters. The Hall–Kier alpha value is -2.34. The number of hydrogen-bond donors (Lipinski definition) is 1. The minimum absolute atomic E-state index is 0.239. The van der Waals surface area contributed by atoms with Gasteiger partial charge in [-0.3, -0.25) is 9.40 Å². The van der Waals surface area contributed by atoms with E-state index in [1.807, 2.05) is 48.7 Å². The number of sulfonamides is 1. The first kappa shape index (κ1) is 13.3. The van der Waals surface area contributed by atoms with Crippen molar-refractivity contribution in [3.05, 3.63) is 48.7 Å². The van der Waals surface area contributed by atoms with E-state index in [0.717, 1.165) is 27.7 Å². The molecule has 1 aliphatic heterocycles. The Morgan fingerprint density at radius 1 is 1.09 bits per heavy atom. The zero-order valence-corrected chi connectivity index (χ0v) is 12.7. The van der Waals surface area contributed by atoms with E-state index in [1.54, 1.807) is 0 Å². The van der Waals surface area contributed by atoms with Gasteiger partial charge in [-0.15, -0.1) is 0 Å². The maximum Gasteiger partial charge on any atom is 0.235 e. The lowest BCUT2D eigenvalue weighted by Crippen LogP contribution is -2.24. The molecule has 6 heteroatoms. The van der Waals surface area contributed by atoms with Gasteiger partial charge in [0, 0.05) is 11.9 Å². The van der Waals surface area contributed by atoms with Gasteiger partial charge in [0.15, 0.2) is 0 Å². The van der Waals surface area contributed by atoms with Gasteiger partial charge < -0.3 is 0 Å². The van der Waals surface area contributed by atoms with Crippen LogP contribution in [0.3, 0.4) is 0 Å². The lowest BCUT2D eigenvalue weighted by Gasteiger charge is -2.17. The van der Waals surface area contributed by atoms with Crippen molar-refractivity contribution in [3.63, 3.8) is 0 Å². The predicted molar refractivity (Wildman–Crippen MR) is 87.3 cm³/mol.